The molecule has 0 bridgehead atoms. The molecule has 1 aromatic rings. The zero-order valence-electron chi connectivity index (χ0n) is 19.7. The van der Waals surface area contributed by atoms with Crippen LogP contribution in [0.15, 0.2) is 52.0 Å². The molecule has 0 spiro atoms. The van der Waals surface area contributed by atoms with E-state index in [0.29, 0.717) is 5.75 Å². The van der Waals surface area contributed by atoms with E-state index in [0.717, 1.165) is 36.1 Å². The topological polar surface area (TPSA) is 20.2 Å². The van der Waals surface area contributed by atoms with Crippen LogP contribution in [0.1, 0.15) is 78.4 Å². The Kier molecular flexibility index (Phi) is 11.3. The number of aromatic hydroxyl groups is 1. The Bertz CT molecular complexity index is 727. The summed E-state index contributed by atoms with van der Waals surface area (Å²) >= 11 is 3.85. The van der Waals surface area contributed by atoms with E-state index < -0.39 is 0 Å². The molecule has 0 unspecified atom stereocenters. The van der Waals surface area contributed by atoms with E-state index in [4.69, 9.17) is 0 Å². The molecule has 1 rings (SSSR count). The van der Waals surface area contributed by atoms with Gasteiger partial charge in [0.05, 0.1) is 4.08 Å². The molecule has 0 saturated carbocycles. The van der Waals surface area contributed by atoms with Crippen molar-refractivity contribution in [3.8, 4) is 5.75 Å². The highest BCUT2D eigenvalue weighted by Crippen LogP contribution is 2.43. The first-order valence-corrected chi connectivity index (χ1v) is 12.4. The number of phenols is 1. The van der Waals surface area contributed by atoms with E-state index in [-0.39, 0.29) is 4.08 Å². The third-order valence-corrected chi connectivity index (χ3v) is 7.41. The summed E-state index contributed by atoms with van der Waals surface area (Å²) in [5.74, 6) is 1.45. The van der Waals surface area contributed by atoms with Gasteiger partial charge in [0, 0.05) is 10.6 Å². The third-order valence-electron chi connectivity index (χ3n) is 4.81. The van der Waals surface area contributed by atoms with Crippen LogP contribution in [0.4, 0.5) is 0 Å². The van der Waals surface area contributed by atoms with Crippen molar-refractivity contribution in [2.75, 3.05) is 5.75 Å². The molecule has 1 nitrogen and oxygen atoms in total. The molecular weight excluding hydrogens is 392 g/mol. The van der Waals surface area contributed by atoms with Gasteiger partial charge in [-0.1, -0.05) is 34.9 Å². The summed E-state index contributed by atoms with van der Waals surface area (Å²) in [5.41, 5.74) is 6.29. The summed E-state index contributed by atoms with van der Waals surface area (Å²) in [7, 11) is 0. The van der Waals surface area contributed by atoms with Gasteiger partial charge in [0.1, 0.15) is 5.75 Å². The van der Waals surface area contributed by atoms with E-state index in [1.165, 1.54) is 28.0 Å². The summed E-state index contributed by atoms with van der Waals surface area (Å²) in [6.45, 7) is 17.3. The Morgan fingerprint density at radius 2 is 1.41 bits per heavy atom. The molecule has 0 aliphatic rings. The summed E-state index contributed by atoms with van der Waals surface area (Å²) in [6, 6.07) is 4.17. The van der Waals surface area contributed by atoms with Gasteiger partial charge in [-0.2, -0.15) is 0 Å². The highest BCUT2D eigenvalue weighted by molar-refractivity contribution is 8.18. The standard InChI is InChI=1S/C26H40OS2/c1-19(2)11-9-12-20(3)13-10-14-21(4)15-16-28-26(7,8)29-24-17-22(5)25(27)23(6)18-24/h11,13,15,17-18,27H,9-10,12,14,16H2,1-8H3. The number of hydrogen-bond acceptors (Lipinski definition) is 3. The van der Waals surface area contributed by atoms with Gasteiger partial charge in [0.25, 0.3) is 0 Å². The van der Waals surface area contributed by atoms with Crippen LogP contribution in [0.3, 0.4) is 0 Å². The molecule has 0 radical (unpaired) electrons. The quantitative estimate of drug-likeness (QED) is 0.214. The molecular formula is C26H40OS2. The van der Waals surface area contributed by atoms with Gasteiger partial charge >= 0.3 is 0 Å². The smallest absolute Gasteiger partial charge is 0.121 e. The molecule has 0 aliphatic carbocycles. The second kappa shape index (κ2) is 12.6. The van der Waals surface area contributed by atoms with Gasteiger partial charge in [-0.05, 0) is 104 Å². The predicted octanol–water partition coefficient (Wildman–Crippen LogP) is 8.99. The molecule has 0 saturated heterocycles. The van der Waals surface area contributed by atoms with Crippen molar-refractivity contribution in [1.29, 1.82) is 0 Å². The Balaban J connectivity index is 2.45. The average molecular weight is 433 g/mol. The van der Waals surface area contributed by atoms with E-state index in [9.17, 15) is 5.11 Å². The highest BCUT2D eigenvalue weighted by atomic mass is 32.2. The molecule has 1 aromatic carbocycles. The first kappa shape index (κ1) is 26.0. The first-order valence-electron chi connectivity index (χ1n) is 10.6. The Morgan fingerprint density at radius 1 is 0.897 bits per heavy atom. The van der Waals surface area contributed by atoms with Crippen LogP contribution < -0.4 is 0 Å². The lowest BCUT2D eigenvalue weighted by molar-refractivity contribution is 0.466. The van der Waals surface area contributed by atoms with Gasteiger partial charge in [0.2, 0.25) is 0 Å². The highest BCUT2D eigenvalue weighted by Gasteiger charge is 2.20. The molecule has 1 N–H and O–H groups in total. The fraction of sp³-hybridized carbons (Fsp3) is 0.538. The number of aryl methyl sites for hydroxylation is 2. The summed E-state index contributed by atoms with van der Waals surface area (Å²) in [5, 5.41) is 9.97. The van der Waals surface area contributed by atoms with Crippen LogP contribution in [0.2, 0.25) is 0 Å². The Morgan fingerprint density at radius 3 is 1.97 bits per heavy atom. The Labute approximate surface area is 188 Å². The van der Waals surface area contributed by atoms with E-state index >= 15 is 0 Å². The van der Waals surface area contributed by atoms with E-state index in [1.54, 1.807) is 0 Å². The lowest BCUT2D eigenvalue weighted by Crippen LogP contribution is -2.09. The SMILES string of the molecule is CC(C)=CCCC(C)=CCCC(C)=CCSC(C)(C)Sc1cc(C)c(O)c(C)c1. The molecule has 0 atom stereocenters. The van der Waals surface area contributed by atoms with Crippen molar-refractivity contribution >= 4 is 23.5 Å². The van der Waals surface area contributed by atoms with E-state index in [2.05, 4.69) is 71.9 Å². The van der Waals surface area contributed by atoms with Crippen molar-refractivity contribution < 1.29 is 5.11 Å². The fourth-order valence-electron chi connectivity index (χ4n) is 3.01. The summed E-state index contributed by atoms with van der Waals surface area (Å²) in [6.07, 6.45) is 11.7. The monoisotopic (exact) mass is 432 g/mol. The second-order valence-corrected chi connectivity index (χ2v) is 12.3. The Hall–Kier alpha value is -1.06. The first-order chi connectivity index (χ1) is 13.5. The van der Waals surface area contributed by atoms with Crippen LogP contribution in [0, 0.1) is 13.8 Å². The second-order valence-electron chi connectivity index (χ2n) is 8.68. The van der Waals surface area contributed by atoms with Crippen molar-refractivity contribution in [3.63, 3.8) is 0 Å². The van der Waals surface area contributed by atoms with Crippen LogP contribution >= 0.6 is 23.5 Å². The van der Waals surface area contributed by atoms with Crippen molar-refractivity contribution in [2.24, 2.45) is 0 Å². The minimum absolute atomic E-state index is 0.0913. The fourth-order valence-corrected chi connectivity index (χ4v) is 5.55. The van der Waals surface area contributed by atoms with Crippen LogP contribution in [0.25, 0.3) is 0 Å². The van der Waals surface area contributed by atoms with Crippen molar-refractivity contribution in [3.05, 3.63) is 58.2 Å². The maximum atomic E-state index is 9.97. The van der Waals surface area contributed by atoms with Crippen molar-refractivity contribution in [1.82, 2.24) is 0 Å². The molecule has 3 heteroatoms. The van der Waals surface area contributed by atoms with Gasteiger partial charge in [-0.3, -0.25) is 0 Å². The third kappa shape index (κ3) is 11.1. The maximum Gasteiger partial charge on any atom is 0.121 e. The zero-order valence-corrected chi connectivity index (χ0v) is 21.3. The average Bonchev–Trinajstić information content (AvgIpc) is 2.58. The van der Waals surface area contributed by atoms with Crippen LogP contribution in [-0.2, 0) is 0 Å². The normalized spacial score (nSPS) is 13.0. The maximum absolute atomic E-state index is 9.97. The molecule has 29 heavy (non-hydrogen) atoms. The van der Waals surface area contributed by atoms with Crippen molar-refractivity contribution in [2.45, 2.75) is 90.0 Å². The summed E-state index contributed by atoms with van der Waals surface area (Å²) in [4.78, 5) is 1.23. The van der Waals surface area contributed by atoms with Gasteiger partial charge in [0.15, 0.2) is 0 Å². The molecule has 0 fully saturated rings. The number of thioether (sulfide) groups is 2. The number of allylic oxidation sites excluding steroid dienone is 5. The minimum atomic E-state index is 0.0913. The number of phenolic OH excluding ortho intramolecular Hbond substituents is 1. The lowest BCUT2D eigenvalue weighted by Gasteiger charge is -2.23. The van der Waals surface area contributed by atoms with E-state index in [1.807, 2.05) is 37.4 Å². The summed E-state index contributed by atoms with van der Waals surface area (Å²) < 4.78 is 0.0913. The molecule has 0 aliphatic heterocycles. The van der Waals surface area contributed by atoms with Gasteiger partial charge in [-0.25, -0.2) is 0 Å². The lowest BCUT2D eigenvalue weighted by atomic mass is 10.1. The van der Waals surface area contributed by atoms with Gasteiger partial charge < -0.3 is 5.11 Å². The molecule has 0 aromatic heterocycles. The zero-order chi connectivity index (χ0) is 22.0. The van der Waals surface area contributed by atoms with Gasteiger partial charge in [-0.15, -0.1) is 23.5 Å². The predicted molar refractivity (Wildman–Crippen MR) is 135 cm³/mol. The minimum Gasteiger partial charge on any atom is -0.507 e. The molecule has 162 valence electrons. The molecule has 0 amide bonds. The largest absolute Gasteiger partial charge is 0.507 e. The number of benzene rings is 1. The number of rotatable bonds is 11. The molecule has 0 heterocycles. The number of hydrogen-bond donors (Lipinski definition) is 1. The van der Waals surface area contributed by atoms with Crippen LogP contribution in [0.5, 0.6) is 5.75 Å². The van der Waals surface area contributed by atoms with Crippen LogP contribution in [-0.4, -0.2) is 14.9 Å².